The van der Waals surface area contributed by atoms with Crippen LogP contribution in [0.4, 0.5) is 13.2 Å². The van der Waals surface area contributed by atoms with Crippen LogP contribution in [0.1, 0.15) is 23.4 Å². The molecule has 6 nitrogen and oxygen atoms in total. The number of para-hydroxylation sites is 1. The van der Waals surface area contributed by atoms with E-state index in [0.717, 1.165) is 33.1 Å². The molecule has 0 saturated carbocycles. The van der Waals surface area contributed by atoms with Crippen molar-refractivity contribution in [1.82, 2.24) is 24.9 Å². The third kappa shape index (κ3) is 3.91. The molecule has 0 aliphatic heterocycles. The van der Waals surface area contributed by atoms with Gasteiger partial charge in [-0.05, 0) is 24.1 Å². The number of nitrogens with one attached hydrogen (secondary N) is 2. The molecule has 0 atom stereocenters. The summed E-state index contributed by atoms with van der Waals surface area (Å²) in [5.74, 6) is -0.0847. The predicted octanol–water partition coefficient (Wildman–Crippen LogP) is 4.13. The van der Waals surface area contributed by atoms with Crippen LogP contribution < -0.4 is 5.32 Å². The molecule has 4 aromatic rings. The number of halogens is 4. The summed E-state index contributed by atoms with van der Waals surface area (Å²) < 4.78 is 40.2. The molecule has 150 valence electrons. The highest BCUT2D eigenvalue weighted by Gasteiger charge is 2.32. The van der Waals surface area contributed by atoms with Crippen molar-refractivity contribution in [2.24, 2.45) is 0 Å². The third-order valence-corrected chi connectivity index (χ3v) is 4.88. The van der Waals surface area contributed by atoms with Crippen molar-refractivity contribution >= 4 is 34.1 Å². The number of aryl methyl sites for hydroxylation is 1. The largest absolute Gasteiger partial charge is 0.417 e. The molecule has 1 aromatic carbocycles. The molecule has 3 aromatic heterocycles. The Labute approximate surface area is 167 Å². The fraction of sp³-hybridized carbons (Fsp3) is 0.211. The highest BCUT2D eigenvalue weighted by atomic mass is 35.5. The number of pyridine rings is 1. The molecule has 0 radical (unpaired) electrons. The molecule has 4 rings (SSSR count). The van der Waals surface area contributed by atoms with Crippen LogP contribution in [0.25, 0.3) is 16.6 Å². The molecule has 29 heavy (non-hydrogen) atoms. The topological polar surface area (TPSA) is 75.1 Å². The second kappa shape index (κ2) is 7.40. The lowest BCUT2D eigenvalue weighted by Gasteiger charge is -2.09. The second-order valence-corrected chi connectivity index (χ2v) is 6.93. The van der Waals surface area contributed by atoms with E-state index in [0.29, 0.717) is 6.42 Å². The fourth-order valence-electron chi connectivity index (χ4n) is 3.13. The number of carbonyl (C=O) groups is 1. The van der Waals surface area contributed by atoms with E-state index in [1.165, 1.54) is 0 Å². The second-order valence-electron chi connectivity index (χ2n) is 6.52. The molecular formula is C19H15ClF3N5O. The number of aromatic amines is 1. The van der Waals surface area contributed by atoms with Crippen LogP contribution in [0.5, 0.6) is 0 Å². The van der Waals surface area contributed by atoms with Gasteiger partial charge in [0.15, 0.2) is 11.5 Å². The van der Waals surface area contributed by atoms with Crippen molar-refractivity contribution in [2.75, 3.05) is 0 Å². The lowest BCUT2D eigenvalue weighted by molar-refractivity contribution is -0.137. The van der Waals surface area contributed by atoms with E-state index in [4.69, 9.17) is 11.6 Å². The Morgan fingerprint density at radius 1 is 1.24 bits per heavy atom. The SMILES string of the molecule is O=C(CCc1c[nH]c2ccccc12)NCc1nnc2c(Cl)cc(C(F)(F)F)cn12. The van der Waals surface area contributed by atoms with E-state index in [9.17, 15) is 18.0 Å². The van der Waals surface area contributed by atoms with E-state index < -0.39 is 11.7 Å². The van der Waals surface area contributed by atoms with Gasteiger partial charge in [-0.2, -0.15) is 13.2 Å². The Morgan fingerprint density at radius 2 is 2.03 bits per heavy atom. The summed E-state index contributed by atoms with van der Waals surface area (Å²) >= 11 is 5.89. The Bertz CT molecular complexity index is 1200. The first-order valence-corrected chi connectivity index (χ1v) is 9.13. The number of hydrogen-bond donors (Lipinski definition) is 2. The van der Waals surface area contributed by atoms with E-state index in [1.807, 2.05) is 30.5 Å². The lowest BCUT2D eigenvalue weighted by atomic mass is 10.1. The molecule has 0 unspecified atom stereocenters. The number of hydrogen-bond acceptors (Lipinski definition) is 3. The van der Waals surface area contributed by atoms with Crippen molar-refractivity contribution in [3.63, 3.8) is 0 Å². The highest BCUT2D eigenvalue weighted by Crippen LogP contribution is 2.32. The van der Waals surface area contributed by atoms with Gasteiger partial charge in [-0.3, -0.25) is 9.20 Å². The first-order valence-electron chi connectivity index (χ1n) is 8.75. The van der Waals surface area contributed by atoms with E-state index in [1.54, 1.807) is 0 Å². The summed E-state index contributed by atoms with van der Waals surface area (Å²) in [5.41, 5.74) is 1.20. The minimum Gasteiger partial charge on any atom is -0.361 e. The van der Waals surface area contributed by atoms with Crippen molar-refractivity contribution < 1.29 is 18.0 Å². The van der Waals surface area contributed by atoms with E-state index >= 15 is 0 Å². The van der Waals surface area contributed by atoms with Crippen LogP contribution in [0.3, 0.4) is 0 Å². The zero-order valence-corrected chi connectivity index (χ0v) is 15.7. The van der Waals surface area contributed by atoms with Gasteiger partial charge in [-0.15, -0.1) is 10.2 Å². The molecule has 10 heteroatoms. The first kappa shape index (κ1) is 19.3. The zero-order chi connectivity index (χ0) is 20.6. The molecule has 0 bridgehead atoms. The van der Waals surface area contributed by atoms with Gasteiger partial charge in [-0.25, -0.2) is 0 Å². The normalized spacial score (nSPS) is 12.0. The maximum atomic E-state index is 13.0. The number of alkyl halides is 3. The van der Waals surface area contributed by atoms with Crippen LogP contribution in [0.2, 0.25) is 5.02 Å². The molecule has 0 aliphatic carbocycles. The van der Waals surface area contributed by atoms with Crippen LogP contribution >= 0.6 is 11.6 Å². The summed E-state index contributed by atoms with van der Waals surface area (Å²) in [5, 5.41) is 11.2. The summed E-state index contributed by atoms with van der Waals surface area (Å²) in [7, 11) is 0. The maximum absolute atomic E-state index is 13.0. The van der Waals surface area contributed by atoms with Crippen molar-refractivity contribution in [2.45, 2.75) is 25.6 Å². The van der Waals surface area contributed by atoms with Crippen LogP contribution in [-0.4, -0.2) is 25.5 Å². The van der Waals surface area contributed by atoms with Crippen LogP contribution in [0.15, 0.2) is 42.7 Å². The van der Waals surface area contributed by atoms with Gasteiger partial charge in [0.05, 0.1) is 17.1 Å². The Kier molecular flexibility index (Phi) is 4.91. The number of fused-ring (bicyclic) bond motifs is 2. The van der Waals surface area contributed by atoms with Gasteiger partial charge in [0.25, 0.3) is 0 Å². The molecular weight excluding hydrogens is 407 g/mol. The molecule has 1 amide bonds. The summed E-state index contributed by atoms with van der Waals surface area (Å²) in [6.45, 7) is -0.0640. The van der Waals surface area contributed by atoms with Gasteiger partial charge in [0, 0.05) is 29.7 Å². The minimum absolute atomic E-state index is 0.0640. The van der Waals surface area contributed by atoms with Gasteiger partial charge in [-0.1, -0.05) is 29.8 Å². The molecule has 0 fully saturated rings. The first-order chi connectivity index (χ1) is 13.8. The summed E-state index contributed by atoms with van der Waals surface area (Å²) in [6, 6.07) is 8.58. The highest BCUT2D eigenvalue weighted by molar-refractivity contribution is 6.33. The number of rotatable bonds is 5. The zero-order valence-electron chi connectivity index (χ0n) is 14.9. The van der Waals surface area contributed by atoms with Gasteiger partial charge in [0.1, 0.15) is 0 Å². The number of benzene rings is 1. The van der Waals surface area contributed by atoms with Crippen molar-refractivity contribution in [1.29, 1.82) is 0 Å². The van der Waals surface area contributed by atoms with Gasteiger partial charge >= 0.3 is 6.18 Å². The van der Waals surface area contributed by atoms with Crippen LogP contribution in [0, 0.1) is 0 Å². The van der Waals surface area contributed by atoms with Crippen LogP contribution in [-0.2, 0) is 23.9 Å². The standard InChI is InChI=1S/C19H15ClF3N5O/c20-14-7-12(19(21,22)23)10-28-16(26-27-18(14)28)9-25-17(29)6-5-11-8-24-15-4-2-1-3-13(11)15/h1-4,7-8,10,24H,5-6,9H2,(H,25,29). The van der Waals surface area contributed by atoms with Gasteiger partial charge in [0.2, 0.25) is 5.91 Å². The quantitative estimate of drug-likeness (QED) is 0.508. The number of carbonyl (C=O) groups excluding carboxylic acids is 1. The predicted molar refractivity (Wildman–Crippen MR) is 101 cm³/mol. The maximum Gasteiger partial charge on any atom is 0.417 e. The molecule has 0 spiro atoms. The summed E-state index contributed by atoms with van der Waals surface area (Å²) in [6.07, 6.45) is -1.06. The Balaban J connectivity index is 1.44. The average molecular weight is 422 g/mol. The third-order valence-electron chi connectivity index (χ3n) is 4.60. The molecule has 0 saturated heterocycles. The number of amides is 1. The molecule has 2 N–H and O–H groups in total. The van der Waals surface area contributed by atoms with E-state index in [2.05, 4.69) is 20.5 Å². The lowest BCUT2D eigenvalue weighted by Crippen LogP contribution is -2.24. The Morgan fingerprint density at radius 3 is 2.83 bits per heavy atom. The number of nitrogens with zero attached hydrogens (tertiary/aromatic N) is 3. The molecule has 3 heterocycles. The number of aromatic nitrogens is 4. The molecule has 0 aliphatic rings. The smallest absolute Gasteiger partial charge is 0.361 e. The van der Waals surface area contributed by atoms with Gasteiger partial charge < -0.3 is 10.3 Å². The summed E-state index contributed by atoms with van der Waals surface area (Å²) in [4.78, 5) is 15.4. The van der Waals surface area contributed by atoms with Crippen molar-refractivity contribution in [3.8, 4) is 0 Å². The minimum atomic E-state index is -4.55. The van der Waals surface area contributed by atoms with Crippen molar-refractivity contribution in [3.05, 3.63) is 64.7 Å². The fourth-order valence-corrected chi connectivity index (χ4v) is 3.37. The Hall–Kier alpha value is -3.07. The number of H-pyrrole nitrogens is 1. The average Bonchev–Trinajstić information content (AvgIpc) is 3.28. The monoisotopic (exact) mass is 421 g/mol. The van der Waals surface area contributed by atoms with E-state index in [-0.39, 0.29) is 35.4 Å².